The van der Waals surface area contributed by atoms with Crippen LogP contribution in [0.2, 0.25) is 0 Å². The van der Waals surface area contributed by atoms with Crippen LogP contribution in [0.3, 0.4) is 0 Å². The molecule has 5 heteroatoms. The zero-order valence-corrected chi connectivity index (χ0v) is 5.31. The first-order chi connectivity index (χ1) is 5.09. The van der Waals surface area contributed by atoms with E-state index in [0.29, 0.717) is 6.26 Å². The van der Waals surface area contributed by atoms with Crippen LogP contribution in [-0.4, -0.2) is 25.5 Å². The molecule has 0 heterocycles. The Morgan fingerprint density at radius 3 is 1.27 bits per heavy atom. The average Bonchev–Trinajstić information content (AvgIpc) is 2.17. The van der Waals surface area contributed by atoms with Gasteiger partial charge in [-0.2, -0.15) is 0 Å². The highest BCUT2D eigenvalue weighted by Gasteiger charge is 2.29. The number of aliphatic hydroxyl groups is 5. The van der Waals surface area contributed by atoms with E-state index in [0.717, 1.165) is 0 Å². The van der Waals surface area contributed by atoms with E-state index in [4.69, 9.17) is 25.5 Å². The summed E-state index contributed by atoms with van der Waals surface area (Å²) >= 11 is 0. The van der Waals surface area contributed by atoms with Crippen molar-refractivity contribution in [1.82, 2.24) is 0 Å². The molecule has 0 radical (unpaired) electrons. The minimum Gasteiger partial charge on any atom is -0.515 e. The second-order valence-electron chi connectivity index (χ2n) is 1.94. The molecule has 0 aromatic heterocycles. The quantitative estimate of drug-likeness (QED) is 0.340. The predicted molar refractivity (Wildman–Crippen MR) is 35.3 cm³/mol. The molecule has 0 amide bonds. The van der Waals surface area contributed by atoms with Gasteiger partial charge in [0.05, 0.1) is 6.26 Å². The first-order valence-corrected chi connectivity index (χ1v) is 2.69. The normalized spacial score (nSPS) is 18.0. The fraction of sp³-hybridized carbons (Fsp3) is 0. The van der Waals surface area contributed by atoms with Crippen molar-refractivity contribution >= 4 is 0 Å². The van der Waals surface area contributed by atoms with Crippen LogP contribution in [0.5, 0.6) is 0 Å². The maximum absolute atomic E-state index is 8.84. The summed E-state index contributed by atoms with van der Waals surface area (Å²) in [6.45, 7) is 0. The highest BCUT2D eigenvalue weighted by Crippen LogP contribution is 2.30. The summed E-state index contributed by atoms with van der Waals surface area (Å²) in [6.07, 6.45) is 0.379. The van der Waals surface area contributed by atoms with Crippen molar-refractivity contribution < 1.29 is 25.5 Å². The lowest BCUT2D eigenvalue weighted by Gasteiger charge is -1.93. The topological polar surface area (TPSA) is 101 Å². The fourth-order valence-electron chi connectivity index (χ4n) is 0.714. The maximum atomic E-state index is 8.84. The van der Waals surface area contributed by atoms with Crippen molar-refractivity contribution in [2.45, 2.75) is 0 Å². The van der Waals surface area contributed by atoms with Crippen LogP contribution in [0.1, 0.15) is 0 Å². The molecule has 0 bridgehead atoms. The summed E-state index contributed by atoms with van der Waals surface area (Å²) < 4.78 is 0. The summed E-state index contributed by atoms with van der Waals surface area (Å²) in [6, 6.07) is 0. The summed E-state index contributed by atoms with van der Waals surface area (Å²) in [7, 11) is 0. The minimum atomic E-state index is -0.845. The van der Waals surface area contributed by atoms with E-state index in [1.807, 2.05) is 0 Å². The molecule has 0 saturated heterocycles. The van der Waals surface area contributed by atoms with Gasteiger partial charge in [0.1, 0.15) is 5.57 Å². The third-order valence-corrected chi connectivity index (χ3v) is 1.31. The monoisotopic (exact) mass is 158 g/mol. The Morgan fingerprint density at radius 2 is 1.09 bits per heavy atom. The van der Waals surface area contributed by atoms with Gasteiger partial charge in [-0.25, -0.2) is 0 Å². The maximum Gasteiger partial charge on any atom is 0.205 e. The van der Waals surface area contributed by atoms with Crippen molar-refractivity contribution in [2.24, 2.45) is 0 Å². The van der Waals surface area contributed by atoms with Gasteiger partial charge < -0.3 is 25.5 Å². The van der Waals surface area contributed by atoms with Gasteiger partial charge in [-0.05, 0) is 0 Å². The summed E-state index contributed by atoms with van der Waals surface area (Å²) in [5, 5.41) is 43.5. The molecular formula is C6H6O5. The van der Waals surface area contributed by atoms with Gasteiger partial charge in [-0.15, -0.1) is 0 Å². The molecule has 1 aliphatic rings. The van der Waals surface area contributed by atoms with Crippen LogP contribution in [0.25, 0.3) is 0 Å². The average molecular weight is 158 g/mol. The molecule has 5 nitrogen and oxygen atoms in total. The van der Waals surface area contributed by atoms with Gasteiger partial charge in [0.25, 0.3) is 0 Å². The van der Waals surface area contributed by atoms with E-state index in [1.54, 1.807) is 0 Å². The molecule has 5 N–H and O–H groups in total. The molecule has 1 aliphatic carbocycles. The van der Waals surface area contributed by atoms with Crippen molar-refractivity contribution in [3.05, 3.63) is 34.9 Å². The number of rotatable bonds is 0. The zero-order chi connectivity index (χ0) is 8.59. The Labute approximate surface area is 61.5 Å². The van der Waals surface area contributed by atoms with Gasteiger partial charge in [-0.1, -0.05) is 0 Å². The van der Waals surface area contributed by atoms with E-state index in [1.165, 1.54) is 0 Å². The molecule has 0 fully saturated rings. The molecule has 0 aromatic rings. The zero-order valence-electron chi connectivity index (χ0n) is 5.31. The SMILES string of the molecule is OC=C1C(O)=C(O)C(O)=C1O. The van der Waals surface area contributed by atoms with E-state index in [9.17, 15) is 0 Å². The molecule has 0 aliphatic heterocycles. The van der Waals surface area contributed by atoms with Gasteiger partial charge in [0.15, 0.2) is 11.5 Å². The van der Waals surface area contributed by atoms with Gasteiger partial charge >= 0.3 is 0 Å². The second kappa shape index (κ2) is 2.12. The third kappa shape index (κ3) is 0.778. The minimum absolute atomic E-state index is 0.379. The summed E-state index contributed by atoms with van der Waals surface area (Å²) in [5.41, 5.74) is -0.403. The molecule has 11 heavy (non-hydrogen) atoms. The van der Waals surface area contributed by atoms with Crippen LogP contribution < -0.4 is 0 Å². The highest BCUT2D eigenvalue weighted by atomic mass is 16.4. The van der Waals surface area contributed by atoms with E-state index in [2.05, 4.69) is 0 Å². The molecule has 0 unspecified atom stereocenters. The standard InChI is InChI=1S/C6H6O5/c7-1-2-3(8)5(10)6(11)4(2)9/h1,7-11H. The van der Waals surface area contributed by atoms with Crippen molar-refractivity contribution in [3.8, 4) is 0 Å². The predicted octanol–water partition coefficient (Wildman–Crippen LogP) is 1.10. The van der Waals surface area contributed by atoms with Gasteiger partial charge in [0, 0.05) is 0 Å². The number of aliphatic hydroxyl groups excluding tert-OH is 5. The highest BCUT2D eigenvalue weighted by molar-refractivity contribution is 5.52. The second-order valence-corrected chi connectivity index (χ2v) is 1.94. The Balaban J connectivity index is 3.26. The number of hydrogen-bond acceptors (Lipinski definition) is 5. The van der Waals surface area contributed by atoms with E-state index < -0.39 is 28.6 Å². The lowest BCUT2D eigenvalue weighted by atomic mass is 10.3. The molecular weight excluding hydrogens is 152 g/mol. The summed E-state index contributed by atoms with van der Waals surface area (Å²) in [5.74, 6) is -3.18. The largest absolute Gasteiger partial charge is 0.515 e. The van der Waals surface area contributed by atoms with Crippen LogP contribution in [0.15, 0.2) is 34.9 Å². The lowest BCUT2D eigenvalue weighted by Crippen LogP contribution is -1.88. The van der Waals surface area contributed by atoms with Crippen molar-refractivity contribution in [2.75, 3.05) is 0 Å². The van der Waals surface area contributed by atoms with Crippen LogP contribution in [0.4, 0.5) is 0 Å². The molecule has 1 rings (SSSR count). The first-order valence-electron chi connectivity index (χ1n) is 2.69. The van der Waals surface area contributed by atoms with Gasteiger partial charge in [-0.3, -0.25) is 0 Å². The molecule has 60 valence electrons. The van der Waals surface area contributed by atoms with Gasteiger partial charge in [0.2, 0.25) is 11.5 Å². The smallest absolute Gasteiger partial charge is 0.205 e. The third-order valence-electron chi connectivity index (χ3n) is 1.31. The lowest BCUT2D eigenvalue weighted by molar-refractivity contribution is 0.287. The molecule has 0 aromatic carbocycles. The van der Waals surface area contributed by atoms with Crippen molar-refractivity contribution in [1.29, 1.82) is 0 Å². The first kappa shape index (κ1) is 7.33. The van der Waals surface area contributed by atoms with Crippen LogP contribution in [0, 0.1) is 0 Å². The Hall–Kier alpha value is -1.78. The summed E-state index contributed by atoms with van der Waals surface area (Å²) in [4.78, 5) is 0. The number of hydrogen-bond donors (Lipinski definition) is 5. The Kier molecular flexibility index (Phi) is 1.41. The molecule has 0 spiro atoms. The van der Waals surface area contributed by atoms with Crippen LogP contribution in [-0.2, 0) is 0 Å². The van der Waals surface area contributed by atoms with Crippen molar-refractivity contribution in [3.63, 3.8) is 0 Å². The van der Waals surface area contributed by atoms with Crippen LogP contribution >= 0.6 is 0 Å². The molecule has 0 saturated carbocycles. The van der Waals surface area contributed by atoms with E-state index in [-0.39, 0.29) is 0 Å². The fourth-order valence-corrected chi connectivity index (χ4v) is 0.714. The van der Waals surface area contributed by atoms with E-state index >= 15 is 0 Å². The molecule has 0 atom stereocenters. The Morgan fingerprint density at radius 1 is 0.727 bits per heavy atom. The Bertz CT molecular complexity index is 257.